The Kier molecular flexibility index (Phi) is 2.60. The van der Waals surface area contributed by atoms with Crippen LogP contribution >= 0.6 is 11.6 Å². The predicted octanol–water partition coefficient (Wildman–Crippen LogP) is 1.62. The van der Waals surface area contributed by atoms with E-state index in [2.05, 4.69) is 9.97 Å². The number of halogens is 1. The molecule has 0 aliphatic heterocycles. The number of para-hydroxylation sites is 1. The van der Waals surface area contributed by atoms with Gasteiger partial charge in [-0.1, -0.05) is 18.2 Å². The summed E-state index contributed by atoms with van der Waals surface area (Å²) < 4.78 is 2.88. The smallest absolute Gasteiger partial charge is 0.248 e. The summed E-state index contributed by atoms with van der Waals surface area (Å²) in [6, 6.07) is 9.28. The molecule has 0 aliphatic rings. The average molecular weight is 261 g/mol. The molecule has 0 aliphatic carbocycles. The summed E-state index contributed by atoms with van der Waals surface area (Å²) in [6.45, 7) is 0. The Morgan fingerprint density at radius 2 is 2.00 bits per heavy atom. The number of imidazole rings is 1. The Hall–Kier alpha value is -2.14. The van der Waals surface area contributed by atoms with Gasteiger partial charge in [-0.25, -0.2) is 18.7 Å². The van der Waals surface area contributed by atoms with E-state index in [1.165, 1.54) is 15.2 Å². The van der Waals surface area contributed by atoms with Crippen molar-refractivity contribution in [2.75, 3.05) is 0 Å². The van der Waals surface area contributed by atoms with Crippen LogP contribution in [-0.2, 0) is 5.88 Å². The molecule has 0 radical (unpaired) electrons. The molecule has 3 rings (SSSR count). The molecular weight excluding hydrogens is 252 g/mol. The van der Waals surface area contributed by atoms with Gasteiger partial charge in [0.2, 0.25) is 5.78 Å². The summed E-state index contributed by atoms with van der Waals surface area (Å²) in [5.41, 5.74) is 0.514. The van der Waals surface area contributed by atoms with E-state index in [1.807, 2.05) is 30.3 Å². The van der Waals surface area contributed by atoms with Gasteiger partial charge < -0.3 is 0 Å². The first-order valence-electron chi connectivity index (χ1n) is 5.37. The standard InChI is InChI=1S/C12H9ClN4O/c13-8-10-15-11-14-6-7-16(11)12(18)17(10)9-4-2-1-3-5-9/h1-7H,8H2. The van der Waals surface area contributed by atoms with Crippen LogP contribution in [0, 0.1) is 0 Å². The number of alkyl halides is 1. The van der Waals surface area contributed by atoms with Crippen molar-refractivity contribution in [3.8, 4) is 5.69 Å². The Morgan fingerprint density at radius 3 is 2.72 bits per heavy atom. The molecule has 0 saturated heterocycles. The highest BCUT2D eigenvalue weighted by Crippen LogP contribution is 2.09. The third kappa shape index (κ3) is 1.60. The van der Waals surface area contributed by atoms with Crippen LogP contribution in [0.1, 0.15) is 5.82 Å². The molecule has 0 bridgehead atoms. The lowest BCUT2D eigenvalue weighted by Gasteiger charge is -2.10. The number of hydrogen-bond acceptors (Lipinski definition) is 3. The molecule has 0 atom stereocenters. The fraction of sp³-hybridized carbons (Fsp3) is 0.0833. The maximum atomic E-state index is 12.4. The molecule has 0 spiro atoms. The van der Waals surface area contributed by atoms with E-state index < -0.39 is 0 Å². The number of aromatic nitrogens is 4. The van der Waals surface area contributed by atoms with Gasteiger partial charge in [0.25, 0.3) is 0 Å². The predicted molar refractivity (Wildman–Crippen MR) is 68.1 cm³/mol. The molecule has 6 heteroatoms. The second-order valence-corrected chi connectivity index (χ2v) is 3.98. The highest BCUT2D eigenvalue weighted by molar-refractivity contribution is 6.16. The second kappa shape index (κ2) is 4.27. The third-order valence-corrected chi connectivity index (χ3v) is 2.88. The van der Waals surface area contributed by atoms with Gasteiger partial charge in [0.15, 0.2) is 0 Å². The summed E-state index contributed by atoms with van der Waals surface area (Å²) >= 11 is 5.86. The Labute approximate surface area is 107 Å². The molecule has 0 N–H and O–H groups in total. The van der Waals surface area contributed by atoms with Gasteiger partial charge in [0, 0.05) is 12.4 Å². The van der Waals surface area contributed by atoms with E-state index in [0.29, 0.717) is 11.6 Å². The van der Waals surface area contributed by atoms with Gasteiger partial charge in [-0.15, -0.1) is 11.6 Å². The van der Waals surface area contributed by atoms with Crippen molar-refractivity contribution < 1.29 is 0 Å². The van der Waals surface area contributed by atoms with E-state index in [1.54, 1.807) is 6.20 Å². The summed E-state index contributed by atoms with van der Waals surface area (Å²) in [5, 5.41) is 0. The van der Waals surface area contributed by atoms with Gasteiger partial charge in [-0.2, -0.15) is 4.98 Å². The molecule has 0 unspecified atom stereocenters. The molecule has 2 aromatic heterocycles. The topological polar surface area (TPSA) is 52.2 Å². The van der Waals surface area contributed by atoms with Crippen LogP contribution < -0.4 is 5.69 Å². The zero-order valence-electron chi connectivity index (χ0n) is 9.32. The third-order valence-electron chi connectivity index (χ3n) is 2.64. The molecule has 5 nitrogen and oxygen atoms in total. The van der Waals surface area contributed by atoms with Crippen molar-refractivity contribution in [3.05, 3.63) is 59.0 Å². The first kappa shape index (κ1) is 11.0. The van der Waals surface area contributed by atoms with Crippen molar-refractivity contribution in [2.45, 2.75) is 5.88 Å². The van der Waals surface area contributed by atoms with Crippen molar-refractivity contribution in [1.29, 1.82) is 0 Å². The Balaban J connectivity index is 2.40. The van der Waals surface area contributed by atoms with Crippen molar-refractivity contribution in [3.63, 3.8) is 0 Å². The minimum atomic E-state index is -0.223. The normalized spacial score (nSPS) is 10.9. The molecule has 0 amide bonds. The molecule has 18 heavy (non-hydrogen) atoms. The number of rotatable bonds is 2. The van der Waals surface area contributed by atoms with Crippen LogP contribution in [0.25, 0.3) is 11.5 Å². The SMILES string of the molecule is O=c1n(-c2ccccc2)c(CCl)nc2nccn12. The van der Waals surface area contributed by atoms with Gasteiger partial charge in [-0.05, 0) is 12.1 Å². The lowest BCUT2D eigenvalue weighted by atomic mass is 10.3. The summed E-state index contributed by atoms with van der Waals surface area (Å²) in [6.07, 6.45) is 3.12. The average Bonchev–Trinajstić information content (AvgIpc) is 2.88. The van der Waals surface area contributed by atoms with Gasteiger partial charge in [0.05, 0.1) is 11.6 Å². The second-order valence-electron chi connectivity index (χ2n) is 3.71. The van der Waals surface area contributed by atoms with E-state index in [-0.39, 0.29) is 11.6 Å². The molecular formula is C12H9ClN4O. The minimum Gasteiger partial charge on any atom is -0.248 e. The quantitative estimate of drug-likeness (QED) is 0.658. The largest absolute Gasteiger partial charge is 0.341 e. The minimum absolute atomic E-state index is 0.146. The number of nitrogens with zero attached hydrogens (tertiary/aromatic N) is 4. The molecule has 3 aromatic rings. The number of benzene rings is 1. The number of hydrogen-bond donors (Lipinski definition) is 0. The van der Waals surface area contributed by atoms with Crippen LogP contribution in [0.5, 0.6) is 0 Å². The monoisotopic (exact) mass is 260 g/mol. The molecule has 2 heterocycles. The maximum Gasteiger partial charge on any atom is 0.341 e. The van der Waals surface area contributed by atoms with Gasteiger partial charge in [0.1, 0.15) is 5.82 Å². The fourth-order valence-electron chi connectivity index (χ4n) is 1.84. The van der Waals surface area contributed by atoms with E-state index in [9.17, 15) is 4.79 Å². The van der Waals surface area contributed by atoms with Crippen molar-refractivity contribution in [2.24, 2.45) is 0 Å². The van der Waals surface area contributed by atoms with E-state index in [4.69, 9.17) is 11.6 Å². The summed E-state index contributed by atoms with van der Waals surface area (Å²) in [5.74, 6) is 0.988. The van der Waals surface area contributed by atoms with Crippen LogP contribution in [0.3, 0.4) is 0 Å². The highest BCUT2D eigenvalue weighted by Gasteiger charge is 2.11. The lowest BCUT2D eigenvalue weighted by Crippen LogP contribution is -2.28. The first-order valence-corrected chi connectivity index (χ1v) is 5.91. The Bertz CT molecular complexity index is 748. The van der Waals surface area contributed by atoms with Gasteiger partial charge in [-0.3, -0.25) is 0 Å². The first-order chi connectivity index (χ1) is 8.81. The van der Waals surface area contributed by atoms with Crippen LogP contribution in [-0.4, -0.2) is 18.9 Å². The van der Waals surface area contributed by atoms with E-state index in [0.717, 1.165) is 5.69 Å². The zero-order chi connectivity index (χ0) is 12.5. The molecule has 0 fully saturated rings. The molecule has 0 saturated carbocycles. The summed E-state index contributed by atoms with van der Waals surface area (Å²) in [7, 11) is 0. The van der Waals surface area contributed by atoms with Crippen LogP contribution in [0.2, 0.25) is 0 Å². The molecule has 1 aromatic carbocycles. The van der Waals surface area contributed by atoms with Crippen molar-refractivity contribution in [1.82, 2.24) is 18.9 Å². The zero-order valence-corrected chi connectivity index (χ0v) is 10.1. The summed E-state index contributed by atoms with van der Waals surface area (Å²) in [4.78, 5) is 20.6. The van der Waals surface area contributed by atoms with E-state index >= 15 is 0 Å². The van der Waals surface area contributed by atoms with Crippen LogP contribution in [0.4, 0.5) is 0 Å². The highest BCUT2D eigenvalue weighted by atomic mass is 35.5. The fourth-order valence-corrected chi connectivity index (χ4v) is 2.02. The van der Waals surface area contributed by atoms with Crippen LogP contribution in [0.15, 0.2) is 47.5 Å². The maximum absolute atomic E-state index is 12.4. The van der Waals surface area contributed by atoms with Gasteiger partial charge >= 0.3 is 5.69 Å². The lowest BCUT2D eigenvalue weighted by molar-refractivity contribution is 0.786. The van der Waals surface area contributed by atoms with Crippen molar-refractivity contribution >= 4 is 17.4 Å². The molecule has 90 valence electrons. The Morgan fingerprint density at radius 1 is 1.22 bits per heavy atom. The number of fused-ring (bicyclic) bond motifs is 1.